The summed E-state index contributed by atoms with van der Waals surface area (Å²) in [6.45, 7) is 2.13. The molecule has 0 unspecified atom stereocenters. The van der Waals surface area contributed by atoms with Crippen molar-refractivity contribution in [3.05, 3.63) is 52.0 Å². The van der Waals surface area contributed by atoms with Gasteiger partial charge in [0.1, 0.15) is 15.8 Å². The summed E-state index contributed by atoms with van der Waals surface area (Å²) in [5.74, 6) is 0.723. The third-order valence-corrected chi connectivity index (χ3v) is 4.32. The SMILES string of the molecule is CCc1cc2c(Cl)nc(Cc3ccccn3)nc2s1. The summed E-state index contributed by atoms with van der Waals surface area (Å²) in [7, 11) is 0. The molecule has 5 heteroatoms. The molecule has 19 heavy (non-hydrogen) atoms. The maximum Gasteiger partial charge on any atom is 0.141 e. The quantitative estimate of drug-likeness (QED) is 0.687. The number of hydrogen-bond donors (Lipinski definition) is 0. The summed E-state index contributed by atoms with van der Waals surface area (Å²) in [5.41, 5.74) is 0.949. The van der Waals surface area contributed by atoms with Gasteiger partial charge in [-0.15, -0.1) is 11.3 Å². The van der Waals surface area contributed by atoms with E-state index >= 15 is 0 Å². The number of nitrogens with zero attached hydrogens (tertiary/aromatic N) is 3. The lowest BCUT2D eigenvalue weighted by atomic mass is 10.2. The molecule has 3 rings (SSSR count). The highest BCUT2D eigenvalue weighted by molar-refractivity contribution is 7.18. The Labute approximate surface area is 120 Å². The standard InChI is InChI=1S/C14H12ClN3S/c1-2-10-8-11-13(15)17-12(18-14(11)19-10)7-9-5-3-4-6-16-9/h3-6,8H,2,7H2,1H3. The van der Waals surface area contributed by atoms with Crippen LogP contribution in [0.2, 0.25) is 5.15 Å². The molecule has 0 radical (unpaired) electrons. The average Bonchev–Trinajstić information content (AvgIpc) is 2.83. The fourth-order valence-corrected chi connectivity index (χ4v) is 3.18. The van der Waals surface area contributed by atoms with Crippen LogP contribution in [0.1, 0.15) is 23.3 Å². The number of aromatic nitrogens is 3. The van der Waals surface area contributed by atoms with Crippen LogP contribution >= 0.6 is 22.9 Å². The van der Waals surface area contributed by atoms with E-state index in [1.54, 1.807) is 17.5 Å². The third-order valence-electron chi connectivity index (χ3n) is 2.86. The zero-order valence-corrected chi connectivity index (χ0v) is 12.0. The molecule has 0 saturated heterocycles. The van der Waals surface area contributed by atoms with Crippen LogP contribution in [0.4, 0.5) is 0 Å². The monoisotopic (exact) mass is 289 g/mol. The molecular formula is C14H12ClN3S. The summed E-state index contributed by atoms with van der Waals surface area (Å²) in [6.07, 6.45) is 3.37. The van der Waals surface area contributed by atoms with Crippen LogP contribution in [0.15, 0.2) is 30.5 Å². The maximum atomic E-state index is 6.23. The number of hydrogen-bond acceptors (Lipinski definition) is 4. The van der Waals surface area contributed by atoms with Crippen molar-refractivity contribution in [2.75, 3.05) is 0 Å². The number of thiophene rings is 1. The molecule has 0 aliphatic rings. The molecule has 0 saturated carbocycles. The molecule has 0 aliphatic carbocycles. The fourth-order valence-electron chi connectivity index (χ4n) is 1.90. The molecule has 0 N–H and O–H groups in total. The molecule has 0 bridgehead atoms. The van der Waals surface area contributed by atoms with Crippen LogP contribution in [0, 0.1) is 0 Å². The fraction of sp³-hybridized carbons (Fsp3) is 0.214. The first-order chi connectivity index (χ1) is 9.26. The number of pyridine rings is 1. The van der Waals surface area contributed by atoms with Crippen LogP contribution in [0.3, 0.4) is 0 Å². The maximum absolute atomic E-state index is 6.23. The van der Waals surface area contributed by atoms with Gasteiger partial charge >= 0.3 is 0 Å². The van der Waals surface area contributed by atoms with Crippen molar-refractivity contribution in [2.45, 2.75) is 19.8 Å². The van der Waals surface area contributed by atoms with Crippen LogP contribution in [-0.2, 0) is 12.8 Å². The van der Waals surface area contributed by atoms with Crippen molar-refractivity contribution >= 4 is 33.2 Å². The van der Waals surface area contributed by atoms with Crippen molar-refractivity contribution < 1.29 is 0 Å². The van der Waals surface area contributed by atoms with Crippen molar-refractivity contribution in [1.82, 2.24) is 15.0 Å². The van der Waals surface area contributed by atoms with E-state index in [0.717, 1.165) is 28.2 Å². The third kappa shape index (κ3) is 2.60. The predicted molar refractivity (Wildman–Crippen MR) is 78.8 cm³/mol. The first kappa shape index (κ1) is 12.5. The van der Waals surface area contributed by atoms with Crippen molar-refractivity contribution in [3.63, 3.8) is 0 Å². The Balaban J connectivity index is 2.01. The average molecular weight is 290 g/mol. The molecule has 3 heterocycles. The van der Waals surface area contributed by atoms with Crippen LogP contribution < -0.4 is 0 Å². The van der Waals surface area contributed by atoms with E-state index in [4.69, 9.17) is 11.6 Å². The molecule has 0 aliphatic heterocycles. The highest BCUT2D eigenvalue weighted by atomic mass is 35.5. The minimum absolute atomic E-state index is 0.534. The normalized spacial score (nSPS) is 11.1. The first-order valence-electron chi connectivity index (χ1n) is 6.11. The summed E-state index contributed by atoms with van der Waals surface area (Å²) in [6, 6.07) is 7.90. The topological polar surface area (TPSA) is 38.7 Å². The minimum Gasteiger partial charge on any atom is -0.261 e. The Kier molecular flexibility index (Phi) is 3.44. The van der Waals surface area contributed by atoms with E-state index in [9.17, 15) is 0 Å². The zero-order valence-electron chi connectivity index (χ0n) is 10.4. The largest absolute Gasteiger partial charge is 0.261 e. The summed E-state index contributed by atoms with van der Waals surface area (Å²) >= 11 is 7.91. The van der Waals surface area contributed by atoms with Crippen molar-refractivity contribution in [3.8, 4) is 0 Å². The van der Waals surface area contributed by atoms with Gasteiger partial charge in [0.25, 0.3) is 0 Å². The second kappa shape index (κ2) is 5.23. The van der Waals surface area contributed by atoms with Gasteiger partial charge in [0.05, 0.1) is 6.42 Å². The Morgan fingerprint density at radius 1 is 1.26 bits per heavy atom. The van der Waals surface area contributed by atoms with Crippen LogP contribution in [0.25, 0.3) is 10.2 Å². The first-order valence-corrected chi connectivity index (χ1v) is 7.30. The molecule has 0 atom stereocenters. The summed E-state index contributed by atoms with van der Waals surface area (Å²) in [4.78, 5) is 15.5. The van der Waals surface area contributed by atoms with Crippen molar-refractivity contribution in [1.29, 1.82) is 0 Å². The van der Waals surface area contributed by atoms with E-state index in [2.05, 4.69) is 27.9 Å². The molecule has 96 valence electrons. The molecule has 0 fully saturated rings. The minimum atomic E-state index is 0.534. The second-order valence-electron chi connectivity index (χ2n) is 4.21. The van der Waals surface area contributed by atoms with Gasteiger partial charge in [-0.05, 0) is 24.6 Å². The Morgan fingerprint density at radius 2 is 2.16 bits per heavy atom. The summed E-state index contributed by atoms with van der Waals surface area (Å²) in [5, 5.41) is 1.49. The molecule has 0 amide bonds. The van der Waals surface area contributed by atoms with Crippen molar-refractivity contribution in [2.24, 2.45) is 0 Å². The molecule has 3 aromatic rings. The lowest BCUT2D eigenvalue weighted by Gasteiger charge is -2.01. The molecule has 3 aromatic heterocycles. The second-order valence-corrected chi connectivity index (χ2v) is 5.69. The van der Waals surface area contributed by atoms with E-state index in [-0.39, 0.29) is 0 Å². The zero-order chi connectivity index (χ0) is 13.2. The van der Waals surface area contributed by atoms with Gasteiger partial charge in [0.15, 0.2) is 0 Å². The smallest absolute Gasteiger partial charge is 0.141 e. The van der Waals surface area contributed by atoms with Crippen LogP contribution in [0.5, 0.6) is 0 Å². The van der Waals surface area contributed by atoms with E-state index in [1.807, 2.05) is 18.2 Å². The molecule has 3 nitrogen and oxygen atoms in total. The van der Waals surface area contributed by atoms with Gasteiger partial charge in [0, 0.05) is 22.2 Å². The van der Waals surface area contributed by atoms with E-state index in [1.165, 1.54) is 4.88 Å². The predicted octanol–water partition coefficient (Wildman–Crippen LogP) is 3.89. The number of halogens is 1. The number of aryl methyl sites for hydroxylation is 1. The number of rotatable bonds is 3. The lowest BCUT2D eigenvalue weighted by Crippen LogP contribution is -1.98. The van der Waals surface area contributed by atoms with Gasteiger partial charge in [-0.3, -0.25) is 4.98 Å². The van der Waals surface area contributed by atoms with E-state index < -0.39 is 0 Å². The molecular weight excluding hydrogens is 278 g/mol. The molecule has 0 spiro atoms. The van der Waals surface area contributed by atoms with Gasteiger partial charge in [-0.1, -0.05) is 24.6 Å². The highest BCUT2D eigenvalue weighted by Crippen LogP contribution is 2.29. The number of fused-ring (bicyclic) bond motifs is 1. The molecule has 0 aromatic carbocycles. The highest BCUT2D eigenvalue weighted by Gasteiger charge is 2.10. The van der Waals surface area contributed by atoms with Crippen LogP contribution in [-0.4, -0.2) is 15.0 Å². The Hall–Kier alpha value is -1.52. The lowest BCUT2D eigenvalue weighted by molar-refractivity contribution is 0.957. The van der Waals surface area contributed by atoms with E-state index in [0.29, 0.717) is 11.6 Å². The summed E-state index contributed by atoms with van der Waals surface area (Å²) < 4.78 is 0. The van der Waals surface area contributed by atoms with Gasteiger partial charge < -0.3 is 0 Å². The van der Waals surface area contributed by atoms with Gasteiger partial charge in [0.2, 0.25) is 0 Å². The van der Waals surface area contributed by atoms with Gasteiger partial charge in [-0.2, -0.15) is 0 Å². The Bertz CT molecular complexity index is 709. The Morgan fingerprint density at radius 3 is 2.89 bits per heavy atom. The van der Waals surface area contributed by atoms with Gasteiger partial charge in [-0.25, -0.2) is 9.97 Å².